The van der Waals surface area contributed by atoms with Crippen LogP contribution in [0.5, 0.6) is 0 Å². The third-order valence-corrected chi connectivity index (χ3v) is 3.71. The van der Waals surface area contributed by atoms with E-state index in [-0.39, 0.29) is 24.5 Å². The first kappa shape index (κ1) is 17.4. The van der Waals surface area contributed by atoms with Crippen molar-refractivity contribution in [1.82, 2.24) is 10.6 Å². The van der Waals surface area contributed by atoms with Gasteiger partial charge >= 0.3 is 5.97 Å². The summed E-state index contributed by atoms with van der Waals surface area (Å²) in [5.41, 5.74) is 0.838. The van der Waals surface area contributed by atoms with Crippen molar-refractivity contribution in [2.45, 2.75) is 25.3 Å². The van der Waals surface area contributed by atoms with E-state index < -0.39 is 5.92 Å². The Kier molecular flexibility index (Phi) is 7.03. The maximum absolute atomic E-state index is 12.1. The number of hydrogen-bond donors (Lipinski definition) is 2. The molecule has 0 saturated carbocycles. The number of nitrogens with one attached hydrogen (secondary N) is 2. The van der Waals surface area contributed by atoms with E-state index >= 15 is 0 Å². The van der Waals surface area contributed by atoms with Gasteiger partial charge in [-0.1, -0.05) is 30.3 Å². The summed E-state index contributed by atoms with van der Waals surface area (Å²) < 4.78 is 10.4. The smallest absolute Gasteiger partial charge is 0.315 e. The van der Waals surface area contributed by atoms with Crippen molar-refractivity contribution in [3.8, 4) is 0 Å². The van der Waals surface area contributed by atoms with Crippen molar-refractivity contribution in [3.63, 3.8) is 0 Å². The third kappa shape index (κ3) is 5.65. The molecule has 1 amide bonds. The Hall–Kier alpha value is -1.92. The second-order valence-electron chi connectivity index (χ2n) is 5.45. The van der Waals surface area contributed by atoms with E-state index in [4.69, 9.17) is 9.47 Å². The number of carbonyl (C=O) groups excluding carboxylic acids is 2. The van der Waals surface area contributed by atoms with Crippen molar-refractivity contribution < 1.29 is 19.1 Å². The molecule has 0 aliphatic carbocycles. The van der Waals surface area contributed by atoms with Crippen LogP contribution >= 0.6 is 0 Å². The monoisotopic (exact) mass is 320 g/mol. The van der Waals surface area contributed by atoms with E-state index in [1.54, 1.807) is 6.92 Å². The zero-order valence-corrected chi connectivity index (χ0v) is 13.4. The summed E-state index contributed by atoms with van der Waals surface area (Å²) in [7, 11) is 0. The highest BCUT2D eigenvalue weighted by atomic mass is 16.5. The minimum atomic E-state index is -0.490. The first-order chi connectivity index (χ1) is 11.2. The van der Waals surface area contributed by atoms with Crippen molar-refractivity contribution in [2.75, 3.05) is 32.9 Å². The molecular weight excluding hydrogens is 296 g/mol. The normalized spacial score (nSPS) is 18.9. The Morgan fingerprint density at radius 1 is 1.39 bits per heavy atom. The van der Waals surface area contributed by atoms with Crippen molar-refractivity contribution >= 4 is 11.9 Å². The quantitative estimate of drug-likeness (QED) is 0.728. The Bertz CT molecular complexity index is 501. The number of morpholine rings is 1. The van der Waals surface area contributed by atoms with Gasteiger partial charge in [-0.05, 0) is 12.5 Å². The van der Waals surface area contributed by atoms with Gasteiger partial charge in [-0.2, -0.15) is 0 Å². The molecule has 1 aromatic carbocycles. The highest BCUT2D eigenvalue weighted by Gasteiger charge is 2.23. The molecule has 2 unspecified atom stereocenters. The molecule has 0 spiro atoms. The summed E-state index contributed by atoms with van der Waals surface area (Å²) >= 11 is 0. The van der Waals surface area contributed by atoms with Crippen LogP contribution in [0.15, 0.2) is 30.3 Å². The molecule has 0 radical (unpaired) electrons. The standard InChI is InChI=1S/C17H24N2O4/c1-2-23-17(21)15(13-6-4-3-5-7-13)11-19-16(20)10-14-12-22-9-8-18-14/h3-7,14-15,18H,2,8-12H2,1H3,(H,19,20). The molecule has 1 aliphatic rings. The summed E-state index contributed by atoms with van der Waals surface area (Å²) in [5.74, 6) is -0.910. The third-order valence-electron chi connectivity index (χ3n) is 3.71. The van der Waals surface area contributed by atoms with E-state index in [1.807, 2.05) is 30.3 Å². The lowest BCUT2D eigenvalue weighted by molar-refractivity contribution is -0.144. The Morgan fingerprint density at radius 2 is 2.17 bits per heavy atom. The van der Waals surface area contributed by atoms with Crippen molar-refractivity contribution in [3.05, 3.63) is 35.9 Å². The molecule has 126 valence electrons. The van der Waals surface area contributed by atoms with Gasteiger partial charge in [0.2, 0.25) is 5.91 Å². The van der Waals surface area contributed by atoms with Gasteiger partial charge in [0.05, 0.1) is 25.7 Å². The molecule has 1 aromatic rings. The fourth-order valence-electron chi connectivity index (χ4n) is 2.53. The largest absolute Gasteiger partial charge is 0.465 e. The molecular formula is C17H24N2O4. The van der Waals surface area contributed by atoms with Crippen LogP contribution in [0.4, 0.5) is 0 Å². The Labute approximate surface area is 136 Å². The maximum atomic E-state index is 12.1. The van der Waals surface area contributed by atoms with Crippen LogP contribution in [0.3, 0.4) is 0 Å². The molecule has 1 saturated heterocycles. The number of benzene rings is 1. The lowest BCUT2D eigenvalue weighted by Crippen LogP contribution is -2.44. The summed E-state index contributed by atoms with van der Waals surface area (Å²) in [4.78, 5) is 24.2. The van der Waals surface area contributed by atoms with Crippen LogP contribution in [-0.2, 0) is 19.1 Å². The summed E-state index contributed by atoms with van der Waals surface area (Å²) in [5, 5.41) is 6.07. The number of hydrogen-bond acceptors (Lipinski definition) is 5. The van der Waals surface area contributed by atoms with Gasteiger partial charge < -0.3 is 20.1 Å². The maximum Gasteiger partial charge on any atom is 0.315 e. The SMILES string of the molecule is CCOC(=O)C(CNC(=O)CC1COCCN1)c1ccccc1. The molecule has 1 heterocycles. The number of amides is 1. The number of esters is 1. The van der Waals surface area contributed by atoms with Crippen LogP contribution in [0.2, 0.25) is 0 Å². The average molecular weight is 320 g/mol. The van der Waals surface area contributed by atoms with Gasteiger partial charge in [0.1, 0.15) is 0 Å². The Morgan fingerprint density at radius 3 is 2.83 bits per heavy atom. The molecule has 2 N–H and O–H groups in total. The summed E-state index contributed by atoms with van der Waals surface area (Å²) in [6.45, 7) is 4.29. The highest BCUT2D eigenvalue weighted by molar-refractivity contribution is 5.81. The molecule has 2 atom stereocenters. The van der Waals surface area contributed by atoms with Crippen LogP contribution in [0, 0.1) is 0 Å². The first-order valence-electron chi connectivity index (χ1n) is 8.00. The van der Waals surface area contributed by atoms with E-state index in [0.29, 0.717) is 26.2 Å². The van der Waals surface area contributed by atoms with E-state index in [2.05, 4.69) is 10.6 Å². The lowest BCUT2D eigenvalue weighted by Gasteiger charge is -2.23. The minimum Gasteiger partial charge on any atom is -0.465 e. The van der Waals surface area contributed by atoms with Gasteiger partial charge in [-0.3, -0.25) is 9.59 Å². The molecule has 0 bridgehead atoms. The second-order valence-corrected chi connectivity index (χ2v) is 5.45. The molecule has 6 heteroatoms. The second kappa shape index (κ2) is 9.27. The van der Waals surface area contributed by atoms with Crippen LogP contribution in [-0.4, -0.2) is 50.8 Å². The zero-order valence-electron chi connectivity index (χ0n) is 13.4. The van der Waals surface area contributed by atoms with E-state index in [0.717, 1.165) is 12.1 Å². The van der Waals surface area contributed by atoms with Crippen molar-refractivity contribution in [2.24, 2.45) is 0 Å². The van der Waals surface area contributed by atoms with Crippen molar-refractivity contribution in [1.29, 1.82) is 0 Å². The van der Waals surface area contributed by atoms with E-state index in [9.17, 15) is 9.59 Å². The molecule has 1 aliphatic heterocycles. The predicted molar refractivity (Wildman–Crippen MR) is 86.1 cm³/mol. The lowest BCUT2D eigenvalue weighted by atomic mass is 9.99. The van der Waals surface area contributed by atoms with Crippen LogP contribution in [0.25, 0.3) is 0 Å². The fraction of sp³-hybridized carbons (Fsp3) is 0.529. The van der Waals surface area contributed by atoms with Gasteiger partial charge in [0.25, 0.3) is 0 Å². The molecule has 2 rings (SSSR count). The first-order valence-corrected chi connectivity index (χ1v) is 8.00. The average Bonchev–Trinajstić information content (AvgIpc) is 2.57. The highest BCUT2D eigenvalue weighted by Crippen LogP contribution is 2.16. The fourth-order valence-corrected chi connectivity index (χ4v) is 2.53. The molecule has 6 nitrogen and oxygen atoms in total. The molecule has 0 aromatic heterocycles. The van der Waals surface area contributed by atoms with Gasteiger partial charge in [-0.25, -0.2) is 0 Å². The number of carbonyl (C=O) groups is 2. The molecule has 23 heavy (non-hydrogen) atoms. The van der Waals surface area contributed by atoms with Gasteiger partial charge in [0, 0.05) is 25.6 Å². The molecule has 1 fully saturated rings. The summed E-state index contributed by atoms with van der Waals surface area (Å²) in [6.07, 6.45) is 0.338. The minimum absolute atomic E-state index is 0.0292. The van der Waals surface area contributed by atoms with Crippen LogP contribution in [0.1, 0.15) is 24.8 Å². The zero-order chi connectivity index (χ0) is 16.5. The van der Waals surface area contributed by atoms with E-state index in [1.165, 1.54) is 0 Å². The van der Waals surface area contributed by atoms with Crippen LogP contribution < -0.4 is 10.6 Å². The van der Waals surface area contributed by atoms with Gasteiger partial charge in [-0.15, -0.1) is 0 Å². The Balaban J connectivity index is 1.89. The number of rotatable bonds is 7. The summed E-state index contributed by atoms with van der Waals surface area (Å²) in [6, 6.07) is 9.38. The predicted octanol–water partition coefficient (Wildman–Crippen LogP) is 0.828. The number of ether oxygens (including phenoxy) is 2. The van der Waals surface area contributed by atoms with Gasteiger partial charge in [0.15, 0.2) is 0 Å². The topological polar surface area (TPSA) is 76.7 Å².